The molecule has 0 amide bonds. The van der Waals surface area contributed by atoms with E-state index in [2.05, 4.69) is 44.8 Å². The number of aliphatic hydroxyl groups is 1. The number of aliphatic hydroxyl groups excluding tert-OH is 1. The Morgan fingerprint density at radius 3 is 2.45 bits per heavy atom. The molecule has 1 aromatic carbocycles. The van der Waals surface area contributed by atoms with Gasteiger partial charge in [0, 0.05) is 58.4 Å². The van der Waals surface area contributed by atoms with Crippen LogP contribution in [-0.4, -0.2) is 75.7 Å². The van der Waals surface area contributed by atoms with Crippen molar-refractivity contribution >= 4 is 29.9 Å². The lowest BCUT2D eigenvalue weighted by Crippen LogP contribution is -2.44. The molecule has 0 radical (unpaired) electrons. The van der Waals surface area contributed by atoms with Crippen molar-refractivity contribution in [1.82, 2.24) is 15.5 Å². The minimum atomic E-state index is 0. The first-order valence-electron chi connectivity index (χ1n) is 10.2. The molecule has 164 valence electrons. The summed E-state index contributed by atoms with van der Waals surface area (Å²) in [5.74, 6) is 0.779. The highest BCUT2D eigenvalue weighted by atomic mass is 127. The third kappa shape index (κ3) is 7.67. The molecule has 2 aliphatic heterocycles. The molecule has 3 N–H and O–H groups in total. The second-order valence-corrected chi connectivity index (χ2v) is 7.76. The second kappa shape index (κ2) is 12.7. The van der Waals surface area contributed by atoms with Gasteiger partial charge < -0.3 is 25.2 Å². The highest BCUT2D eigenvalue weighted by Gasteiger charge is 2.34. The molecule has 1 atom stereocenters. The zero-order valence-corrected chi connectivity index (χ0v) is 19.7. The van der Waals surface area contributed by atoms with Crippen LogP contribution in [0.25, 0.3) is 0 Å². The number of rotatable bonds is 8. The average Bonchev–Trinajstić information content (AvgIpc) is 3.19. The molecule has 0 aromatic heterocycles. The Labute approximate surface area is 191 Å². The summed E-state index contributed by atoms with van der Waals surface area (Å²) in [4.78, 5) is 6.75. The Morgan fingerprint density at radius 1 is 1.10 bits per heavy atom. The number of nitrogens with zero attached hydrogens (tertiary/aromatic N) is 2. The summed E-state index contributed by atoms with van der Waals surface area (Å²) < 4.78 is 11.0. The van der Waals surface area contributed by atoms with E-state index in [0.29, 0.717) is 6.61 Å². The van der Waals surface area contributed by atoms with E-state index in [0.717, 1.165) is 71.3 Å². The number of benzene rings is 1. The van der Waals surface area contributed by atoms with E-state index in [1.807, 2.05) is 0 Å². The Balaban J connectivity index is 0.00000300. The van der Waals surface area contributed by atoms with Crippen LogP contribution < -0.4 is 10.6 Å². The predicted molar refractivity (Wildman–Crippen MR) is 126 cm³/mol. The van der Waals surface area contributed by atoms with Crippen molar-refractivity contribution in [3.8, 4) is 0 Å². The van der Waals surface area contributed by atoms with E-state index in [1.165, 1.54) is 11.1 Å². The SMILES string of the molecule is CN=C(NCc1ccc(CN2CCOCC2)cc1)NCC1(CCO)CCOC1.I. The van der Waals surface area contributed by atoms with Crippen LogP contribution in [0, 0.1) is 5.41 Å². The summed E-state index contributed by atoms with van der Waals surface area (Å²) in [5, 5.41) is 16.1. The Bertz CT molecular complexity index is 615. The van der Waals surface area contributed by atoms with Crippen molar-refractivity contribution in [1.29, 1.82) is 0 Å². The van der Waals surface area contributed by atoms with Crippen LogP contribution >= 0.6 is 24.0 Å². The zero-order valence-electron chi connectivity index (χ0n) is 17.4. The molecule has 0 aliphatic carbocycles. The summed E-state index contributed by atoms with van der Waals surface area (Å²) in [6.07, 6.45) is 1.73. The molecule has 2 aliphatic rings. The molecule has 2 heterocycles. The number of ether oxygens (including phenoxy) is 2. The van der Waals surface area contributed by atoms with Gasteiger partial charge in [-0.1, -0.05) is 24.3 Å². The van der Waals surface area contributed by atoms with E-state index < -0.39 is 0 Å². The molecule has 8 heteroatoms. The van der Waals surface area contributed by atoms with Crippen molar-refractivity contribution in [2.24, 2.45) is 10.4 Å². The first-order chi connectivity index (χ1) is 13.7. The normalized spacial score (nSPS) is 22.9. The predicted octanol–water partition coefficient (Wildman–Crippen LogP) is 1.59. The molecular formula is C21H35IN4O3. The van der Waals surface area contributed by atoms with Gasteiger partial charge in [0.2, 0.25) is 0 Å². The third-order valence-corrected chi connectivity index (χ3v) is 5.67. The van der Waals surface area contributed by atoms with Gasteiger partial charge >= 0.3 is 0 Å². The van der Waals surface area contributed by atoms with Crippen LogP contribution in [-0.2, 0) is 22.6 Å². The number of morpholine rings is 1. The summed E-state index contributed by atoms with van der Waals surface area (Å²) >= 11 is 0. The first-order valence-corrected chi connectivity index (χ1v) is 10.2. The highest BCUT2D eigenvalue weighted by molar-refractivity contribution is 14.0. The van der Waals surface area contributed by atoms with Crippen molar-refractivity contribution < 1.29 is 14.6 Å². The van der Waals surface area contributed by atoms with Crippen molar-refractivity contribution in [3.63, 3.8) is 0 Å². The molecule has 0 spiro atoms. The molecule has 1 unspecified atom stereocenters. The summed E-state index contributed by atoms with van der Waals surface area (Å²) in [6, 6.07) is 8.76. The number of guanidine groups is 1. The fourth-order valence-corrected chi connectivity index (χ4v) is 3.77. The van der Waals surface area contributed by atoms with Gasteiger partial charge in [0.1, 0.15) is 0 Å². The van der Waals surface area contributed by atoms with E-state index in [9.17, 15) is 5.11 Å². The highest BCUT2D eigenvalue weighted by Crippen LogP contribution is 2.31. The van der Waals surface area contributed by atoms with Crippen molar-refractivity contribution in [3.05, 3.63) is 35.4 Å². The third-order valence-electron chi connectivity index (χ3n) is 5.67. The van der Waals surface area contributed by atoms with E-state index in [4.69, 9.17) is 9.47 Å². The van der Waals surface area contributed by atoms with Crippen molar-refractivity contribution in [2.45, 2.75) is 25.9 Å². The number of nitrogens with one attached hydrogen (secondary N) is 2. The molecule has 0 bridgehead atoms. The van der Waals surface area contributed by atoms with E-state index >= 15 is 0 Å². The molecule has 2 saturated heterocycles. The number of hydrogen-bond donors (Lipinski definition) is 3. The van der Waals surface area contributed by atoms with E-state index in [-0.39, 0.29) is 36.0 Å². The van der Waals surface area contributed by atoms with Crippen LogP contribution in [0.2, 0.25) is 0 Å². The lowest BCUT2D eigenvalue weighted by molar-refractivity contribution is 0.0342. The summed E-state index contributed by atoms with van der Waals surface area (Å²) in [5.41, 5.74) is 2.57. The number of hydrogen-bond acceptors (Lipinski definition) is 5. The number of aliphatic imine (C=N–C) groups is 1. The van der Waals surface area contributed by atoms with Crippen LogP contribution in [0.4, 0.5) is 0 Å². The van der Waals surface area contributed by atoms with Crippen molar-refractivity contribution in [2.75, 3.05) is 59.7 Å². The lowest BCUT2D eigenvalue weighted by Gasteiger charge is -2.27. The van der Waals surface area contributed by atoms with Gasteiger partial charge in [0.25, 0.3) is 0 Å². The molecule has 7 nitrogen and oxygen atoms in total. The Morgan fingerprint density at radius 2 is 1.83 bits per heavy atom. The van der Waals surface area contributed by atoms with Gasteiger partial charge in [-0.15, -0.1) is 24.0 Å². The van der Waals surface area contributed by atoms with E-state index in [1.54, 1.807) is 7.05 Å². The standard InChI is InChI=1S/C21H34N4O3.HI/c1-22-20(24-16-21(6-10-26)7-11-28-17-21)23-14-18-2-4-19(5-3-18)15-25-8-12-27-13-9-25;/h2-5,26H,6-17H2,1H3,(H2,22,23,24);1H. The molecule has 2 fully saturated rings. The molecule has 1 aromatic rings. The first kappa shape index (κ1) is 24.3. The average molecular weight is 518 g/mol. The quantitative estimate of drug-likeness (QED) is 0.276. The van der Waals surface area contributed by atoms with Gasteiger partial charge in [-0.05, 0) is 24.0 Å². The monoisotopic (exact) mass is 518 g/mol. The maximum Gasteiger partial charge on any atom is 0.191 e. The minimum Gasteiger partial charge on any atom is -0.396 e. The van der Waals surface area contributed by atoms with Gasteiger partial charge in [-0.2, -0.15) is 0 Å². The minimum absolute atomic E-state index is 0. The summed E-state index contributed by atoms with van der Waals surface area (Å²) in [7, 11) is 1.78. The van der Waals surface area contributed by atoms with Gasteiger partial charge in [0.05, 0.1) is 19.8 Å². The maximum atomic E-state index is 9.35. The fraction of sp³-hybridized carbons (Fsp3) is 0.667. The maximum absolute atomic E-state index is 9.35. The Hall–Kier alpha value is -0.940. The zero-order chi connectivity index (χ0) is 19.7. The van der Waals surface area contributed by atoms with Crippen LogP contribution in [0.1, 0.15) is 24.0 Å². The molecule has 29 heavy (non-hydrogen) atoms. The molecule has 0 saturated carbocycles. The largest absolute Gasteiger partial charge is 0.396 e. The second-order valence-electron chi connectivity index (χ2n) is 7.76. The lowest BCUT2D eigenvalue weighted by atomic mass is 9.84. The van der Waals surface area contributed by atoms with Gasteiger partial charge in [0.15, 0.2) is 5.96 Å². The van der Waals surface area contributed by atoms with Crippen LogP contribution in [0.3, 0.4) is 0 Å². The van der Waals surface area contributed by atoms with Crippen LogP contribution in [0.15, 0.2) is 29.3 Å². The molecular weight excluding hydrogens is 483 g/mol. The summed E-state index contributed by atoms with van der Waals surface area (Å²) in [6.45, 7) is 7.80. The Kier molecular flexibility index (Phi) is 10.6. The van der Waals surface area contributed by atoms with Gasteiger partial charge in [-0.3, -0.25) is 9.89 Å². The smallest absolute Gasteiger partial charge is 0.191 e. The van der Waals surface area contributed by atoms with Gasteiger partial charge in [-0.25, -0.2) is 0 Å². The number of halogens is 1. The van der Waals surface area contributed by atoms with Crippen LogP contribution in [0.5, 0.6) is 0 Å². The topological polar surface area (TPSA) is 78.4 Å². The fourth-order valence-electron chi connectivity index (χ4n) is 3.77. The molecule has 3 rings (SSSR count).